The smallest absolute Gasteiger partial charge is 0.407 e. The van der Waals surface area contributed by atoms with Gasteiger partial charge in [-0.1, -0.05) is 13.8 Å². The second-order valence-electron chi connectivity index (χ2n) is 3.06. The quantitative estimate of drug-likeness (QED) is 0.672. The summed E-state index contributed by atoms with van der Waals surface area (Å²) in [5.74, 6) is -0.658. The number of ether oxygens (including phenoxy) is 1. The molecule has 0 unspecified atom stereocenters. The minimum absolute atomic E-state index is 0.0865. The van der Waals surface area contributed by atoms with E-state index in [2.05, 4.69) is 5.32 Å². The average molecular weight is 189 g/mol. The van der Waals surface area contributed by atoms with Gasteiger partial charge in [-0.2, -0.15) is 0 Å². The Morgan fingerprint density at radius 2 is 2.08 bits per heavy atom. The number of alkyl carbamates (subject to hydrolysis) is 1. The number of nitrogens with one attached hydrogen (secondary N) is 1. The molecule has 0 aromatic heterocycles. The van der Waals surface area contributed by atoms with Crippen molar-refractivity contribution in [2.75, 3.05) is 13.2 Å². The molecule has 13 heavy (non-hydrogen) atoms. The molecule has 76 valence electrons. The lowest BCUT2D eigenvalue weighted by Gasteiger charge is -2.07. The van der Waals surface area contributed by atoms with Crippen LogP contribution in [0.3, 0.4) is 0 Å². The van der Waals surface area contributed by atoms with Gasteiger partial charge in [-0.25, -0.2) is 4.79 Å². The number of carboxylic acid groups (broad SMARTS) is 1. The zero-order valence-corrected chi connectivity index (χ0v) is 7.87. The predicted octanol–water partition coefficient (Wildman–Crippen LogP) is 0.843. The van der Waals surface area contributed by atoms with Gasteiger partial charge < -0.3 is 15.2 Å². The van der Waals surface area contributed by atoms with E-state index < -0.39 is 12.1 Å². The maximum absolute atomic E-state index is 10.8. The van der Waals surface area contributed by atoms with E-state index in [9.17, 15) is 9.59 Å². The van der Waals surface area contributed by atoms with Crippen molar-refractivity contribution >= 4 is 12.1 Å². The van der Waals surface area contributed by atoms with Crippen molar-refractivity contribution in [1.29, 1.82) is 0 Å². The van der Waals surface area contributed by atoms with Gasteiger partial charge in [0.1, 0.15) is 0 Å². The molecule has 0 aromatic rings. The minimum Gasteiger partial charge on any atom is -0.481 e. The van der Waals surface area contributed by atoms with Crippen LogP contribution in [0.2, 0.25) is 0 Å². The van der Waals surface area contributed by atoms with E-state index in [-0.39, 0.29) is 18.9 Å². The Kier molecular flexibility index (Phi) is 5.67. The lowest BCUT2D eigenvalue weighted by atomic mass is 10.2. The second-order valence-corrected chi connectivity index (χ2v) is 3.06. The van der Waals surface area contributed by atoms with E-state index >= 15 is 0 Å². The van der Waals surface area contributed by atoms with E-state index in [1.807, 2.05) is 13.8 Å². The Hall–Kier alpha value is -1.26. The van der Waals surface area contributed by atoms with Gasteiger partial charge >= 0.3 is 12.1 Å². The van der Waals surface area contributed by atoms with Gasteiger partial charge in [0.2, 0.25) is 0 Å². The van der Waals surface area contributed by atoms with Crippen molar-refractivity contribution in [2.24, 2.45) is 5.92 Å². The molecule has 0 atom stereocenters. The summed E-state index contributed by atoms with van der Waals surface area (Å²) in [6, 6.07) is 0. The van der Waals surface area contributed by atoms with Crippen molar-refractivity contribution in [3.8, 4) is 0 Å². The first kappa shape index (κ1) is 11.7. The van der Waals surface area contributed by atoms with Gasteiger partial charge in [0.05, 0.1) is 13.0 Å². The molecule has 0 aliphatic heterocycles. The molecule has 0 saturated heterocycles. The fraction of sp³-hybridized carbons (Fsp3) is 0.750. The van der Waals surface area contributed by atoms with Gasteiger partial charge in [-0.3, -0.25) is 4.79 Å². The Labute approximate surface area is 77.1 Å². The van der Waals surface area contributed by atoms with Crippen molar-refractivity contribution < 1.29 is 19.4 Å². The third-order valence-electron chi connectivity index (χ3n) is 1.16. The lowest BCUT2D eigenvalue weighted by Crippen LogP contribution is -2.27. The Balaban J connectivity index is 3.35. The van der Waals surface area contributed by atoms with Crippen LogP contribution in [0.4, 0.5) is 4.79 Å². The fourth-order valence-corrected chi connectivity index (χ4v) is 0.565. The summed E-state index contributed by atoms with van der Waals surface area (Å²) >= 11 is 0. The molecule has 0 rings (SSSR count). The minimum atomic E-state index is -0.941. The van der Waals surface area contributed by atoms with Crippen LogP contribution >= 0.6 is 0 Å². The van der Waals surface area contributed by atoms with Crippen molar-refractivity contribution in [3.63, 3.8) is 0 Å². The monoisotopic (exact) mass is 189 g/mol. The lowest BCUT2D eigenvalue weighted by molar-refractivity contribution is -0.136. The number of carbonyl (C=O) groups excluding carboxylic acids is 1. The van der Waals surface area contributed by atoms with Crippen molar-refractivity contribution in [1.82, 2.24) is 5.32 Å². The normalized spacial score (nSPS) is 9.77. The Morgan fingerprint density at radius 1 is 1.46 bits per heavy atom. The number of carboxylic acids is 1. The van der Waals surface area contributed by atoms with Crippen LogP contribution < -0.4 is 5.32 Å². The molecule has 0 saturated carbocycles. The van der Waals surface area contributed by atoms with Gasteiger partial charge in [-0.15, -0.1) is 0 Å². The molecule has 0 heterocycles. The molecule has 0 aliphatic rings. The first-order valence-corrected chi connectivity index (χ1v) is 4.14. The molecule has 0 aromatic carbocycles. The number of hydrogen-bond donors (Lipinski definition) is 2. The Bertz CT molecular complexity index is 179. The van der Waals surface area contributed by atoms with Gasteiger partial charge in [0.15, 0.2) is 0 Å². The van der Waals surface area contributed by atoms with Crippen LogP contribution in [0.25, 0.3) is 0 Å². The summed E-state index contributed by atoms with van der Waals surface area (Å²) in [6.07, 6.45) is -0.647. The summed E-state index contributed by atoms with van der Waals surface area (Å²) in [5.41, 5.74) is 0. The van der Waals surface area contributed by atoms with Gasteiger partial charge in [-0.05, 0) is 5.92 Å². The molecule has 5 nitrogen and oxygen atoms in total. The van der Waals surface area contributed by atoms with Crippen LogP contribution in [0.15, 0.2) is 0 Å². The van der Waals surface area contributed by atoms with Gasteiger partial charge in [0, 0.05) is 6.54 Å². The third kappa shape index (κ3) is 8.65. The molecule has 0 radical (unpaired) electrons. The molecule has 5 heteroatoms. The second kappa shape index (κ2) is 6.28. The summed E-state index contributed by atoms with van der Waals surface area (Å²) < 4.78 is 4.74. The average Bonchev–Trinajstić information content (AvgIpc) is 2.00. The summed E-state index contributed by atoms with van der Waals surface area (Å²) in [7, 11) is 0. The summed E-state index contributed by atoms with van der Waals surface area (Å²) in [5, 5.41) is 10.6. The first-order chi connectivity index (χ1) is 6.02. The maximum Gasteiger partial charge on any atom is 0.407 e. The topological polar surface area (TPSA) is 75.6 Å². The molecular weight excluding hydrogens is 174 g/mol. The summed E-state index contributed by atoms with van der Waals surface area (Å²) in [4.78, 5) is 20.9. The van der Waals surface area contributed by atoms with E-state index in [0.29, 0.717) is 6.61 Å². The van der Waals surface area contributed by atoms with Gasteiger partial charge in [0.25, 0.3) is 0 Å². The number of rotatable bonds is 5. The summed E-state index contributed by atoms with van der Waals surface area (Å²) in [6.45, 7) is 4.29. The fourth-order valence-electron chi connectivity index (χ4n) is 0.565. The highest BCUT2D eigenvalue weighted by Crippen LogP contribution is 1.92. The highest BCUT2D eigenvalue weighted by atomic mass is 16.5. The zero-order chi connectivity index (χ0) is 10.3. The number of carbonyl (C=O) groups is 2. The third-order valence-corrected chi connectivity index (χ3v) is 1.16. The molecule has 0 bridgehead atoms. The molecule has 0 fully saturated rings. The van der Waals surface area contributed by atoms with Crippen LogP contribution in [0.5, 0.6) is 0 Å². The standard InChI is InChI=1S/C8H15NO4/c1-6(2)5-13-8(12)9-4-3-7(10)11/h6H,3-5H2,1-2H3,(H,9,12)(H,10,11). The van der Waals surface area contributed by atoms with Crippen molar-refractivity contribution in [3.05, 3.63) is 0 Å². The number of hydrogen-bond acceptors (Lipinski definition) is 3. The van der Waals surface area contributed by atoms with Crippen LogP contribution in [0, 0.1) is 5.92 Å². The molecular formula is C8H15NO4. The SMILES string of the molecule is CC(C)COC(=O)NCCC(=O)O. The van der Waals surface area contributed by atoms with E-state index in [0.717, 1.165) is 0 Å². The molecule has 1 amide bonds. The van der Waals surface area contributed by atoms with Crippen LogP contribution in [0.1, 0.15) is 20.3 Å². The molecule has 0 spiro atoms. The Morgan fingerprint density at radius 3 is 2.54 bits per heavy atom. The highest BCUT2D eigenvalue weighted by molar-refractivity contribution is 5.70. The van der Waals surface area contributed by atoms with Crippen LogP contribution in [-0.2, 0) is 9.53 Å². The first-order valence-electron chi connectivity index (χ1n) is 4.14. The predicted molar refractivity (Wildman–Crippen MR) is 46.4 cm³/mol. The van der Waals surface area contributed by atoms with E-state index in [1.54, 1.807) is 0 Å². The van der Waals surface area contributed by atoms with E-state index in [1.165, 1.54) is 0 Å². The molecule has 2 N–H and O–H groups in total. The number of amides is 1. The highest BCUT2D eigenvalue weighted by Gasteiger charge is 2.03. The maximum atomic E-state index is 10.8. The largest absolute Gasteiger partial charge is 0.481 e. The van der Waals surface area contributed by atoms with Crippen molar-refractivity contribution in [2.45, 2.75) is 20.3 Å². The van der Waals surface area contributed by atoms with Crippen LogP contribution in [-0.4, -0.2) is 30.3 Å². The zero-order valence-electron chi connectivity index (χ0n) is 7.87. The number of aliphatic carboxylic acids is 1. The molecule has 0 aliphatic carbocycles. The van der Waals surface area contributed by atoms with E-state index in [4.69, 9.17) is 9.84 Å².